The topological polar surface area (TPSA) is 0 Å². The Morgan fingerprint density at radius 1 is 1.17 bits per heavy atom. The summed E-state index contributed by atoms with van der Waals surface area (Å²) in [6.07, 6.45) is 3.59. The molecule has 2 aromatic rings. The Balaban J connectivity index is 1.89. The predicted octanol–water partition coefficient (Wildman–Crippen LogP) is 5.70. The number of thiophene rings is 1. The largest absolute Gasteiger partial charge is 0.149 e. The molecule has 0 N–H and O–H groups in total. The summed E-state index contributed by atoms with van der Waals surface area (Å²) in [6, 6.07) is 13.0. The van der Waals surface area contributed by atoms with E-state index in [1.54, 1.807) is 0 Å². The molecule has 2 rings (SSSR count). The average Bonchev–Trinajstić information content (AvgIpc) is 2.87. The molecular formula is C15H16Br2S. The summed E-state index contributed by atoms with van der Waals surface area (Å²) in [5, 5.41) is 3.23. The van der Waals surface area contributed by atoms with Crippen molar-refractivity contribution in [3.8, 4) is 0 Å². The fourth-order valence-electron chi connectivity index (χ4n) is 2.03. The van der Waals surface area contributed by atoms with Crippen molar-refractivity contribution >= 4 is 43.2 Å². The van der Waals surface area contributed by atoms with Gasteiger partial charge in [0.05, 0.1) is 0 Å². The number of alkyl halides is 1. The van der Waals surface area contributed by atoms with E-state index < -0.39 is 0 Å². The van der Waals surface area contributed by atoms with Crippen molar-refractivity contribution in [2.75, 3.05) is 5.33 Å². The summed E-state index contributed by atoms with van der Waals surface area (Å²) >= 11 is 9.04. The molecule has 96 valence electrons. The van der Waals surface area contributed by atoms with Crippen LogP contribution in [0.3, 0.4) is 0 Å². The fraction of sp³-hybridized carbons (Fsp3) is 0.333. The van der Waals surface area contributed by atoms with E-state index in [0.29, 0.717) is 5.92 Å². The van der Waals surface area contributed by atoms with E-state index in [1.165, 1.54) is 27.8 Å². The molecule has 1 aromatic heterocycles. The Morgan fingerprint density at radius 2 is 2.06 bits per heavy atom. The summed E-state index contributed by atoms with van der Waals surface area (Å²) in [6.45, 7) is 0. The zero-order valence-electron chi connectivity index (χ0n) is 10.1. The molecule has 0 nitrogen and oxygen atoms in total. The van der Waals surface area contributed by atoms with Crippen molar-refractivity contribution in [2.45, 2.75) is 19.3 Å². The first-order valence-electron chi connectivity index (χ1n) is 6.10. The van der Waals surface area contributed by atoms with Crippen molar-refractivity contribution < 1.29 is 0 Å². The quantitative estimate of drug-likeness (QED) is 0.558. The van der Waals surface area contributed by atoms with Crippen LogP contribution in [0.4, 0.5) is 0 Å². The summed E-state index contributed by atoms with van der Waals surface area (Å²) < 4.78 is 1.17. The Labute approximate surface area is 130 Å². The maximum absolute atomic E-state index is 3.65. The summed E-state index contributed by atoms with van der Waals surface area (Å²) in [4.78, 5) is 1.50. The predicted molar refractivity (Wildman–Crippen MR) is 87.8 cm³/mol. The van der Waals surface area contributed by atoms with Gasteiger partial charge in [0, 0.05) is 14.7 Å². The van der Waals surface area contributed by atoms with Crippen LogP contribution in [0.1, 0.15) is 16.9 Å². The Hall–Kier alpha value is -0.120. The molecular weight excluding hydrogens is 372 g/mol. The highest BCUT2D eigenvalue weighted by Gasteiger charge is 2.09. The van der Waals surface area contributed by atoms with Gasteiger partial charge in [-0.15, -0.1) is 11.3 Å². The number of rotatable bonds is 6. The van der Waals surface area contributed by atoms with Crippen LogP contribution in [0.25, 0.3) is 0 Å². The summed E-state index contributed by atoms with van der Waals surface area (Å²) in [7, 11) is 0. The van der Waals surface area contributed by atoms with Crippen molar-refractivity contribution in [3.63, 3.8) is 0 Å². The third-order valence-electron chi connectivity index (χ3n) is 3.01. The van der Waals surface area contributed by atoms with Crippen molar-refractivity contribution in [1.82, 2.24) is 0 Å². The molecule has 0 spiro atoms. The number of benzene rings is 1. The Morgan fingerprint density at radius 3 is 2.72 bits per heavy atom. The lowest BCUT2D eigenvalue weighted by Gasteiger charge is -2.13. The molecule has 1 heterocycles. The second kappa shape index (κ2) is 7.46. The van der Waals surface area contributed by atoms with E-state index in [9.17, 15) is 0 Å². The zero-order chi connectivity index (χ0) is 12.8. The van der Waals surface area contributed by atoms with Crippen LogP contribution in [0.5, 0.6) is 0 Å². The number of halogens is 2. The van der Waals surface area contributed by atoms with Gasteiger partial charge in [-0.1, -0.05) is 50.1 Å². The molecule has 1 unspecified atom stereocenters. The van der Waals surface area contributed by atoms with Gasteiger partial charge in [-0.25, -0.2) is 0 Å². The molecule has 18 heavy (non-hydrogen) atoms. The fourth-order valence-corrected chi connectivity index (χ4v) is 3.76. The third kappa shape index (κ3) is 4.52. The van der Waals surface area contributed by atoms with Crippen molar-refractivity contribution in [2.24, 2.45) is 5.92 Å². The van der Waals surface area contributed by atoms with E-state index in [-0.39, 0.29) is 0 Å². The number of hydrogen-bond acceptors (Lipinski definition) is 1. The van der Waals surface area contributed by atoms with E-state index in [2.05, 4.69) is 73.6 Å². The van der Waals surface area contributed by atoms with Crippen LogP contribution in [0.2, 0.25) is 0 Å². The van der Waals surface area contributed by atoms with Gasteiger partial charge in [-0.05, 0) is 54.3 Å². The average molecular weight is 388 g/mol. The molecule has 0 saturated heterocycles. The summed E-state index contributed by atoms with van der Waals surface area (Å²) in [5.74, 6) is 0.710. The molecule has 1 atom stereocenters. The second-order valence-electron chi connectivity index (χ2n) is 4.47. The van der Waals surface area contributed by atoms with E-state index in [0.717, 1.165) is 11.8 Å². The van der Waals surface area contributed by atoms with Gasteiger partial charge in [-0.3, -0.25) is 0 Å². The molecule has 0 radical (unpaired) electrons. The highest BCUT2D eigenvalue weighted by Crippen LogP contribution is 2.21. The van der Waals surface area contributed by atoms with E-state index >= 15 is 0 Å². The highest BCUT2D eigenvalue weighted by molar-refractivity contribution is 9.10. The van der Waals surface area contributed by atoms with Crippen LogP contribution < -0.4 is 0 Å². The minimum Gasteiger partial charge on any atom is -0.149 e. The van der Waals surface area contributed by atoms with Gasteiger partial charge < -0.3 is 0 Å². The van der Waals surface area contributed by atoms with Gasteiger partial charge in [-0.2, -0.15) is 0 Å². The minimum atomic E-state index is 0.710. The molecule has 0 saturated carbocycles. The number of aryl methyl sites for hydroxylation is 1. The maximum atomic E-state index is 3.65. The molecule has 0 bridgehead atoms. The van der Waals surface area contributed by atoms with Crippen molar-refractivity contribution in [3.05, 3.63) is 56.7 Å². The molecule has 0 fully saturated rings. The van der Waals surface area contributed by atoms with E-state index in [4.69, 9.17) is 0 Å². The third-order valence-corrected chi connectivity index (χ3v) is 5.36. The Bertz CT molecular complexity index is 465. The highest BCUT2D eigenvalue weighted by atomic mass is 79.9. The van der Waals surface area contributed by atoms with Crippen LogP contribution in [-0.2, 0) is 12.8 Å². The SMILES string of the molecule is BrCC(CCc1cccs1)Cc1cccc(Br)c1. The van der Waals surface area contributed by atoms with Crippen LogP contribution >= 0.6 is 43.2 Å². The molecule has 0 aliphatic heterocycles. The van der Waals surface area contributed by atoms with Crippen LogP contribution in [-0.4, -0.2) is 5.33 Å². The normalized spacial score (nSPS) is 12.6. The lowest BCUT2D eigenvalue weighted by Crippen LogP contribution is -2.07. The van der Waals surface area contributed by atoms with Gasteiger partial charge in [0.25, 0.3) is 0 Å². The van der Waals surface area contributed by atoms with Crippen LogP contribution in [0.15, 0.2) is 46.3 Å². The van der Waals surface area contributed by atoms with E-state index in [1.807, 2.05) is 11.3 Å². The van der Waals surface area contributed by atoms with Crippen LogP contribution in [0, 0.1) is 5.92 Å². The first-order chi connectivity index (χ1) is 8.78. The number of hydrogen-bond donors (Lipinski definition) is 0. The lowest BCUT2D eigenvalue weighted by molar-refractivity contribution is 0.545. The van der Waals surface area contributed by atoms with Gasteiger partial charge in [0.15, 0.2) is 0 Å². The van der Waals surface area contributed by atoms with Gasteiger partial charge in [0.2, 0.25) is 0 Å². The molecule has 0 aliphatic carbocycles. The molecule has 1 aromatic carbocycles. The van der Waals surface area contributed by atoms with Gasteiger partial charge >= 0.3 is 0 Å². The molecule has 0 amide bonds. The molecule has 3 heteroatoms. The minimum absolute atomic E-state index is 0.710. The first-order valence-corrected chi connectivity index (χ1v) is 8.90. The maximum Gasteiger partial charge on any atom is 0.0177 e. The lowest BCUT2D eigenvalue weighted by atomic mass is 9.96. The van der Waals surface area contributed by atoms with Crippen molar-refractivity contribution in [1.29, 1.82) is 0 Å². The van der Waals surface area contributed by atoms with Gasteiger partial charge in [0.1, 0.15) is 0 Å². The first kappa shape index (κ1) is 14.3. The zero-order valence-corrected chi connectivity index (χ0v) is 14.1. The monoisotopic (exact) mass is 386 g/mol. The Kier molecular flexibility index (Phi) is 5.93. The second-order valence-corrected chi connectivity index (χ2v) is 7.07. The smallest absolute Gasteiger partial charge is 0.0177 e. The summed E-state index contributed by atoms with van der Waals surface area (Å²) in [5.41, 5.74) is 1.42. The molecule has 0 aliphatic rings. The standard InChI is InChI=1S/C15H16Br2S/c16-11-13(6-7-15-5-2-8-18-15)9-12-3-1-4-14(17)10-12/h1-5,8,10,13H,6-7,9,11H2.